The minimum Gasteiger partial charge on any atom is -0.663 e. The predicted molar refractivity (Wildman–Crippen MR) is 172 cm³/mol. The Hall–Kier alpha value is -4.79. The van der Waals surface area contributed by atoms with Gasteiger partial charge in [0.05, 0.1) is 22.9 Å². The van der Waals surface area contributed by atoms with E-state index in [9.17, 15) is 27.2 Å². The Morgan fingerprint density at radius 2 is 0.936 bits per heavy atom. The van der Waals surface area contributed by atoms with Crippen LogP contribution in [0.5, 0.6) is 0 Å². The Morgan fingerprint density at radius 3 is 1.19 bits per heavy atom. The molecule has 2 aliphatic carbocycles. The number of halogens is 4. The molecule has 0 saturated heterocycles. The van der Waals surface area contributed by atoms with Crippen molar-refractivity contribution in [2.75, 3.05) is 0 Å². The van der Waals surface area contributed by atoms with Crippen molar-refractivity contribution < 1.29 is 48.9 Å². The number of carbonyl (C=O) groups is 2. The van der Waals surface area contributed by atoms with E-state index in [1.807, 2.05) is 85.0 Å². The molecule has 4 aromatic rings. The standard InChI is InChI=1S/2C14H11F2NO.2C5H5.Ti/c2*15-11-7-6-10(13(16)12(11)14(17)18)8-9-4-2-1-3-5-9;2*1-2-4-5-3-1;/h2*1-7H,8H2,(H2,17,18);2*1-3H,4H2;/q;;2*-1;+4/p-2. The van der Waals surface area contributed by atoms with Crippen LogP contribution in [-0.2, 0) is 34.6 Å². The van der Waals surface area contributed by atoms with Gasteiger partial charge in [0.25, 0.3) is 0 Å². The quantitative estimate of drug-likeness (QED) is 0.116. The smallest absolute Gasteiger partial charge is 0.663 e. The summed E-state index contributed by atoms with van der Waals surface area (Å²) in [5, 5.41) is 0. The van der Waals surface area contributed by atoms with Crippen molar-refractivity contribution in [1.29, 1.82) is 0 Å². The molecule has 0 radical (unpaired) electrons. The van der Waals surface area contributed by atoms with E-state index in [0.717, 1.165) is 36.1 Å². The van der Waals surface area contributed by atoms with Gasteiger partial charge in [-0.05, 0) is 34.4 Å². The zero-order valence-corrected chi connectivity index (χ0v) is 26.8. The molecule has 236 valence electrons. The largest absolute Gasteiger partial charge is 4.00 e. The topological polar surface area (TPSA) is 81.7 Å². The maximum atomic E-state index is 13.9. The van der Waals surface area contributed by atoms with Crippen molar-refractivity contribution in [1.82, 2.24) is 0 Å². The zero-order chi connectivity index (χ0) is 33.3. The molecule has 0 aromatic heterocycles. The predicted octanol–water partition coefficient (Wildman–Crippen LogP) is 10.1. The molecule has 2 amide bonds. The van der Waals surface area contributed by atoms with E-state index in [0.29, 0.717) is 0 Å². The van der Waals surface area contributed by atoms with Crippen LogP contribution in [0.1, 0.15) is 55.8 Å². The van der Waals surface area contributed by atoms with Crippen LogP contribution in [0.3, 0.4) is 0 Å². The first kappa shape index (κ1) is 38.4. The zero-order valence-electron chi connectivity index (χ0n) is 25.2. The van der Waals surface area contributed by atoms with Crippen LogP contribution >= 0.6 is 0 Å². The van der Waals surface area contributed by atoms with Crippen molar-refractivity contribution in [2.24, 2.45) is 0 Å². The second-order valence-corrected chi connectivity index (χ2v) is 9.78. The van der Waals surface area contributed by atoms with Gasteiger partial charge < -0.3 is 21.1 Å². The second kappa shape index (κ2) is 20.4. The number of nitrogens with one attached hydrogen (secondary N) is 2. The summed E-state index contributed by atoms with van der Waals surface area (Å²) in [6, 6.07) is 22.8. The number of hydrogen-bond donors (Lipinski definition) is 0. The van der Waals surface area contributed by atoms with Crippen molar-refractivity contribution in [2.45, 2.75) is 25.7 Å². The van der Waals surface area contributed by atoms with Gasteiger partial charge in [-0.1, -0.05) is 72.8 Å². The summed E-state index contributed by atoms with van der Waals surface area (Å²) >= 11 is 0. The molecular weight excluding hydrogens is 640 g/mol. The van der Waals surface area contributed by atoms with Gasteiger partial charge in [-0.3, -0.25) is 12.2 Å². The van der Waals surface area contributed by atoms with Crippen LogP contribution < -0.4 is 0 Å². The van der Waals surface area contributed by atoms with E-state index in [1.54, 1.807) is 0 Å². The maximum absolute atomic E-state index is 13.9. The first-order valence-corrected chi connectivity index (χ1v) is 14.2. The molecule has 47 heavy (non-hydrogen) atoms. The van der Waals surface area contributed by atoms with Gasteiger partial charge in [0, 0.05) is 12.8 Å². The van der Waals surface area contributed by atoms with Gasteiger partial charge >= 0.3 is 21.7 Å². The molecule has 0 aliphatic heterocycles. The van der Waals surface area contributed by atoms with Gasteiger partial charge in [-0.2, -0.15) is 12.2 Å². The molecule has 0 heterocycles. The molecular formula is C38H30F4N2O2Ti. The number of carbonyl (C=O) groups excluding carboxylic acids is 2. The van der Waals surface area contributed by atoms with E-state index in [-0.39, 0.29) is 45.7 Å². The molecule has 0 fully saturated rings. The van der Waals surface area contributed by atoms with E-state index in [4.69, 9.17) is 11.5 Å². The summed E-state index contributed by atoms with van der Waals surface area (Å²) < 4.78 is 54.3. The summed E-state index contributed by atoms with van der Waals surface area (Å²) in [6.45, 7) is 0. The molecule has 0 saturated carbocycles. The molecule has 2 N–H and O–H groups in total. The summed E-state index contributed by atoms with van der Waals surface area (Å²) in [5.74, 6) is -6.58. The average Bonchev–Trinajstić information content (AvgIpc) is 3.82. The monoisotopic (exact) mass is 670 g/mol. The third-order valence-corrected chi connectivity index (χ3v) is 6.44. The Bertz CT molecular complexity index is 1590. The van der Waals surface area contributed by atoms with Crippen molar-refractivity contribution in [3.8, 4) is 0 Å². The van der Waals surface area contributed by atoms with E-state index in [1.165, 1.54) is 12.1 Å². The molecule has 0 spiro atoms. The van der Waals surface area contributed by atoms with Crippen molar-refractivity contribution in [3.63, 3.8) is 0 Å². The van der Waals surface area contributed by atoms with Crippen LogP contribution in [0.2, 0.25) is 0 Å². The first-order chi connectivity index (χ1) is 22.2. The number of allylic oxidation sites excluding steroid dienone is 8. The molecule has 0 atom stereocenters. The van der Waals surface area contributed by atoms with Gasteiger partial charge in [0.2, 0.25) is 0 Å². The molecule has 0 bridgehead atoms. The Morgan fingerprint density at radius 1 is 0.574 bits per heavy atom. The fraction of sp³-hybridized carbons (Fsp3) is 0.105. The minimum absolute atomic E-state index is 0. The number of amides is 2. The van der Waals surface area contributed by atoms with E-state index in [2.05, 4.69) is 24.3 Å². The van der Waals surface area contributed by atoms with Crippen LogP contribution in [0.25, 0.3) is 11.5 Å². The van der Waals surface area contributed by atoms with Crippen LogP contribution in [0.15, 0.2) is 121 Å². The van der Waals surface area contributed by atoms with Gasteiger partial charge in [0.1, 0.15) is 23.3 Å². The van der Waals surface area contributed by atoms with Gasteiger partial charge in [0.15, 0.2) is 0 Å². The minimum atomic E-state index is -1.35. The molecule has 6 rings (SSSR count). The molecule has 9 heteroatoms. The SMILES string of the molecule is [C-]1=CC=CC1.[C-]1=CC=CC1.[NH-]C(=O)c1c(F)ccc(Cc2ccccc2)c1F.[NH-]C(=O)c1c(F)ccc(Cc2ccccc2)c1F.[Ti+4]. The molecule has 2 aliphatic rings. The average molecular weight is 671 g/mol. The normalized spacial score (nSPS) is 11.7. The van der Waals surface area contributed by atoms with E-state index >= 15 is 0 Å². The Kier molecular flexibility index (Phi) is 16.6. The number of hydrogen-bond acceptors (Lipinski definition) is 2. The van der Waals surface area contributed by atoms with Crippen LogP contribution in [0, 0.1) is 35.4 Å². The van der Waals surface area contributed by atoms with Gasteiger partial charge in [-0.15, -0.1) is 12.8 Å². The summed E-state index contributed by atoms with van der Waals surface area (Å²) in [5.41, 5.74) is 14.3. The van der Waals surface area contributed by atoms with Crippen LogP contribution in [0.4, 0.5) is 17.6 Å². The summed E-state index contributed by atoms with van der Waals surface area (Å²) in [4.78, 5) is 21.8. The third-order valence-electron chi connectivity index (χ3n) is 6.44. The fourth-order valence-electron chi connectivity index (χ4n) is 4.19. The molecule has 4 aromatic carbocycles. The van der Waals surface area contributed by atoms with Crippen molar-refractivity contribution in [3.05, 3.63) is 202 Å². The van der Waals surface area contributed by atoms with Gasteiger partial charge in [-0.25, -0.2) is 41.9 Å². The maximum Gasteiger partial charge on any atom is 4.00 e. The molecule has 4 nitrogen and oxygen atoms in total. The molecule has 0 unspecified atom stereocenters. The Balaban J connectivity index is 0.000000248. The first-order valence-electron chi connectivity index (χ1n) is 14.2. The number of benzene rings is 4. The number of rotatable bonds is 6. The fourth-order valence-corrected chi connectivity index (χ4v) is 4.19. The van der Waals surface area contributed by atoms with Crippen molar-refractivity contribution >= 4 is 11.8 Å². The van der Waals surface area contributed by atoms with Crippen LogP contribution in [-0.4, -0.2) is 11.8 Å². The third kappa shape index (κ3) is 12.5. The second-order valence-electron chi connectivity index (χ2n) is 9.78. The Labute approximate surface area is 287 Å². The summed E-state index contributed by atoms with van der Waals surface area (Å²) in [7, 11) is 0. The summed E-state index contributed by atoms with van der Waals surface area (Å²) in [6.07, 6.45) is 20.5. The van der Waals surface area contributed by atoms with E-state index < -0.39 is 46.2 Å².